The summed E-state index contributed by atoms with van der Waals surface area (Å²) in [6.07, 6.45) is 5.18. The van der Waals surface area contributed by atoms with Gasteiger partial charge in [-0.3, -0.25) is 14.5 Å². The molecule has 0 spiro atoms. The molecule has 1 unspecified atom stereocenters. The molecule has 148 valence electrons. The van der Waals surface area contributed by atoms with Gasteiger partial charge in [0.2, 0.25) is 11.8 Å². The van der Waals surface area contributed by atoms with Crippen LogP contribution in [0.3, 0.4) is 0 Å². The Hall–Kier alpha value is -2.71. The molecule has 2 aliphatic rings. The van der Waals surface area contributed by atoms with E-state index in [1.54, 1.807) is 11.1 Å². The summed E-state index contributed by atoms with van der Waals surface area (Å²) in [5, 5.41) is 6.36. The Labute approximate surface area is 164 Å². The van der Waals surface area contributed by atoms with Crippen LogP contribution in [0.15, 0.2) is 36.7 Å². The highest BCUT2D eigenvalue weighted by Gasteiger charge is 2.28. The fourth-order valence-electron chi connectivity index (χ4n) is 3.95. The van der Waals surface area contributed by atoms with Gasteiger partial charge in [-0.15, -0.1) is 0 Å². The molecule has 0 bridgehead atoms. The molecule has 0 aliphatic carbocycles. The number of imidazole rings is 1. The Morgan fingerprint density at radius 1 is 1.36 bits per heavy atom. The predicted molar refractivity (Wildman–Crippen MR) is 107 cm³/mol. The Morgan fingerprint density at radius 3 is 3.00 bits per heavy atom. The Balaban J connectivity index is 1.42. The van der Waals surface area contributed by atoms with Crippen LogP contribution in [0.4, 0.5) is 11.4 Å². The zero-order valence-electron chi connectivity index (χ0n) is 16.1. The van der Waals surface area contributed by atoms with Gasteiger partial charge in [0.15, 0.2) is 0 Å². The molecule has 2 N–H and O–H groups in total. The van der Waals surface area contributed by atoms with Crippen LogP contribution in [0.1, 0.15) is 24.7 Å². The molecule has 2 amide bonds. The first-order valence-electron chi connectivity index (χ1n) is 9.74. The predicted octanol–water partition coefficient (Wildman–Crippen LogP) is 1.13. The molecule has 2 saturated heterocycles. The molecule has 3 heterocycles. The van der Waals surface area contributed by atoms with Gasteiger partial charge in [-0.2, -0.15) is 0 Å². The van der Waals surface area contributed by atoms with Crippen molar-refractivity contribution in [2.45, 2.75) is 18.9 Å². The lowest BCUT2D eigenvalue weighted by Gasteiger charge is -2.35. The van der Waals surface area contributed by atoms with Gasteiger partial charge < -0.3 is 20.1 Å². The van der Waals surface area contributed by atoms with E-state index in [1.807, 2.05) is 42.1 Å². The number of anilines is 2. The van der Waals surface area contributed by atoms with Gasteiger partial charge in [0.25, 0.3) is 0 Å². The third-order valence-electron chi connectivity index (χ3n) is 5.37. The highest BCUT2D eigenvalue weighted by atomic mass is 16.2. The lowest BCUT2D eigenvalue weighted by Crippen LogP contribution is -2.49. The van der Waals surface area contributed by atoms with Crippen molar-refractivity contribution in [1.82, 2.24) is 19.8 Å². The van der Waals surface area contributed by atoms with E-state index in [0.717, 1.165) is 44.1 Å². The number of carbonyl (C=O) groups excluding carboxylic acids is 2. The Bertz CT molecular complexity index is 864. The van der Waals surface area contributed by atoms with Crippen LogP contribution in [0.5, 0.6) is 0 Å². The topological polar surface area (TPSA) is 82.5 Å². The number of piperazine rings is 1. The molecule has 4 rings (SSSR count). The summed E-state index contributed by atoms with van der Waals surface area (Å²) in [6, 6.07) is 7.57. The summed E-state index contributed by atoms with van der Waals surface area (Å²) in [6.45, 7) is 3.44. The van der Waals surface area contributed by atoms with Crippen LogP contribution < -0.4 is 15.5 Å². The van der Waals surface area contributed by atoms with Gasteiger partial charge in [0.05, 0.1) is 12.6 Å². The number of nitrogens with zero attached hydrogens (tertiary/aromatic N) is 4. The van der Waals surface area contributed by atoms with Gasteiger partial charge in [-0.1, -0.05) is 6.07 Å². The van der Waals surface area contributed by atoms with Crippen molar-refractivity contribution >= 4 is 23.2 Å². The molecular weight excluding hydrogens is 356 g/mol. The zero-order chi connectivity index (χ0) is 19.5. The molecule has 2 aliphatic heterocycles. The van der Waals surface area contributed by atoms with E-state index in [2.05, 4.69) is 20.5 Å². The van der Waals surface area contributed by atoms with Gasteiger partial charge in [0.1, 0.15) is 5.82 Å². The maximum Gasteiger partial charge on any atom is 0.238 e. The first-order valence-corrected chi connectivity index (χ1v) is 9.74. The molecule has 28 heavy (non-hydrogen) atoms. The number of nitrogens with one attached hydrogen (secondary N) is 2. The fraction of sp³-hybridized carbons (Fsp3) is 0.450. The monoisotopic (exact) mass is 382 g/mol. The van der Waals surface area contributed by atoms with E-state index >= 15 is 0 Å². The number of amides is 2. The van der Waals surface area contributed by atoms with Gasteiger partial charge in [0, 0.05) is 63.4 Å². The second-order valence-corrected chi connectivity index (χ2v) is 7.33. The minimum absolute atomic E-state index is 0.0630. The quantitative estimate of drug-likeness (QED) is 0.810. The second-order valence-electron chi connectivity index (χ2n) is 7.33. The maximum absolute atomic E-state index is 12.7. The fourth-order valence-corrected chi connectivity index (χ4v) is 3.95. The third-order valence-corrected chi connectivity index (χ3v) is 5.37. The van der Waals surface area contributed by atoms with E-state index in [0.29, 0.717) is 18.7 Å². The second kappa shape index (κ2) is 8.12. The third kappa shape index (κ3) is 3.93. The Kier molecular flexibility index (Phi) is 5.40. The molecule has 8 nitrogen and oxygen atoms in total. The van der Waals surface area contributed by atoms with Crippen molar-refractivity contribution in [3.63, 3.8) is 0 Å². The first-order chi connectivity index (χ1) is 13.6. The van der Waals surface area contributed by atoms with Crippen LogP contribution >= 0.6 is 0 Å². The molecule has 1 aromatic carbocycles. The summed E-state index contributed by atoms with van der Waals surface area (Å²) in [7, 11) is 1.97. The summed E-state index contributed by atoms with van der Waals surface area (Å²) in [4.78, 5) is 33.1. The Morgan fingerprint density at radius 2 is 2.25 bits per heavy atom. The van der Waals surface area contributed by atoms with Crippen molar-refractivity contribution in [3.05, 3.63) is 42.5 Å². The van der Waals surface area contributed by atoms with Gasteiger partial charge >= 0.3 is 0 Å². The maximum atomic E-state index is 12.7. The number of aromatic nitrogens is 2. The number of carbonyl (C=O) groups is 2. The zero-order valence-corrected chi connectivity index (χ0v) is 16.1. The molecule has 0 radical (unpaired) electrons. The molecule has 2 aromatic rings. The highest BCUT2D eigenvalue weighted by Crippen LogP contribution is 2.25. The van der Waals surface area contributed by atoms with Crippen LogP contribution in [0.2, 0.25) is 0 Å². The van der Waals surface area contributed by atoms with Crippen LogP contribution in [-0.2, 0) is 16.6 Å². The summed E-state index contributed by atoms with van der Waals surface area (Å²) < 4.78 is 2.00. The lowest BCUT2D eigenvalue weighted by atomic mass is 10.1. The van der Waals surface area contributed by atoms with Crippen molar-refractivity contribution in [1.29, 1.82) is 0 Å². The van der Waals surface area contributed by atoms with E-state index in [1.165, 1.54) is 0 Å². The number of hydrogen-bond acceptors (Lipinski definition) is 5. The minimum Gasteiger partial charge on any atom is -0.337 e. The number of aryl methyl sites for hydroxylation is 1. The van der Waals surface area contributed by atoms with Gasteiger partial charge in [-0.25, -0.2) is 4.98 Å². The number of benzene rings is 1. The molecule has 8 heteroatoms. The normalized spacial score (nSPS) is 20.5. The van der Waals surface area contributed by atoms with E-state index < -0.39 is 0 Å². The smallest absolute Gasteiger partial charge is 0.238 e. The van der Waals surface area contributed by atoms with Crippen molar-refractivity contribution in [2.75, 3.05) is 42.9 Å². The molecular formula is C20H26N6O2. The highest BCUT2D eigenvalue weighted by molar-refractivity contribution is 5.97. The molecule has 0 saturated carbocycles. The van der Waals surface area contributed by atoms with Crippen molar-refractivity contribution in [3.8, 4) is 0 Å². The SMILES string of the molecule is Cn1ccnc1C1CNCCN1CC(=O)Nc1cccc(N2CCCC2=O)c1. The van der Waals surface area contributed by atoms with Gasteiger partial charge in [-0.05, 0) is 24.6 Å². The average molecular weight is 382 g/mol. The summed E-state index contributed by atoms with van der Waals surface area (Å²) in [5.41, 5.74) is 1.55. The average Bonchev–Trinajstić information content (AvgIpc) is 3.30. The molecule has 2 fully saturated rings. The van der Waals surface area contributed by atoms with Crippen molar-refractivity contribution in [2.24, 2.45) is 7.05 Å². The first kappa shape index (κ1) is 18.6. The van der Waals surface area contributed by atoms with Crippen LogP contribution in [0, 0.1) is 0 Å². The van der Waals surface area contributed by atoms with Crippen LogP contribution in [0.25, 0.3) is 0 Å². The van der Waals surface area contributed by atoms with E-state index in [4.69, 9.17) is 0 Å². The van der Waals surface area contributed by atoms with E-state index in [-0.39, 0.29) is 17.9 Å². The lowest BCUT2D eigenvalue weighted by molar-refractivity contribution is -0.118. The minimum atomic E-state index is -0.0639. The van der Waals surface area contributed by atoms with Crippen LogP contribution in [-0.4, -0.2) is 59.0 Å². The summed E-state index contributed by atoms with van der Waals surface area (Å²) >= 11 is 0. The molecule has 1 aromatic heterocycles. The number of rotatable bonds is 5. The van der Waals surface area contributed by atoms with E-state index in [9.17, 15) is 9.59 Å². The molecule has 1 atom stereocenters. The number of hydrogen-bond donors (Lipinski definition) is 2. The largest absolute Gasteiger partial charge is 0.337 e. The standard InChI is InChI=1S/C20H26N6O2/c1-24-10-8-22-20(24)17-13-21-7-11-25(17)14-18(27)23-15-4-2-5-16(12-15)26-9-3-6-19(26)28/h2,4-5,8,10,12,17,21H,3,6-7,9,11,13-14H2,1H3,(H,23,27). The van der Waals surface area contributed by atoms with Crippen molar-refractivity contribution < 1.29 is 9.59 Å². The summed E-state index contributed by atoms with van der Waals surface area (Å²) in [5.74, 6) is 1.03.